The number of methoxy groups -OCH3 is 1. The highest BCUT2D eigenvalue weighted by Crippen LogP contribution is 2.34. The van der Waals surface area contributed by atoms with Gasteiger partial charge in [0.15, 0.2) is 15.9 Å². The molecule has 5 rings (SSSR count). The molecule has 3 aromatic rings. The number of esters is 1. The van der Waals surface area contributed by atoms with E-state index in [9.17, 15) is 18.0 Å². The summed E-state index contributed by atoms with van der Waals surface area (Å²) in [5.74, 6) is -0.504. The number of aromatic nitrogens is 1. The number of nitrogens with zero attached hydrogens (tertiary/aromatic N) is 1. The molecule has 1 unspecified atom stereocenters. The molecule has 39 heavy (non-hydrogen) atoms. The fourth-order valence-corrected chi connectivity index (χ4v) is 6.13. The second kappa shape index (κ2) is 11.6. The molecule has 10 heteroatoms. The van der Waals surface area contributed by atoms with Gasteiger partial charge in [0.25, 0.3) is 5.91 Å². The van der Waals surface area contributed by atoms with Crippen molar-refractivity contribution >= 4 is 27.5 Å². The molecule has 2 aromatic carbocycles. The minimum Gasteiger partial charge on any atom is -0.465 e. The highest BCUT2D eigenvalue weighted by Gasteiger charge is 2.37. The van der Waals surface area contributed by atoms with Crippen molar-refractivity contribution in [3.63, 3.8) is 0 Å². The zero-order chi connectivity index (χ0) is 27.4. The van der Waals surface area contributed by atoms with E-state index in [1.807, 2.05) is 6.07 Å². The molecule has 1 saturated carbocycles. The molecule has 1 amide bonds. The maximum absolute atomic E-state index is 13.4. The second-order valence-corrected chi connectivity index (χ2v) is 11.9. The summed E-state index contributed by atoms with van der Waals surface area (Å²) < 4.78 is 41.6. The van der Waals surface area contributed by atoms with Crippen LogP contribution in [0.15, 0.2) is 71.8 Å². The van der Waals surface area contributed by atoms with E-state index >= 15 is 0 Å². The number of nitrogens with one attached hydrogen (secondary N) is 1. The van der Waals surface area contributed by atoms with Crippen molar-refractivity contribution in [2.45, 2.75) is 48.0 Å². The van der Waals surface area contributed by atoms with Gasteiger partial charge in [0, 0.05) is 25.0 Å². The molecular weight excluding hydrogens is 520 g/mol. The van der Waals surface area contributed by atoms with Crippen molar-refractivity contribution in [2.75, 3.05) is 25.6 Å². The summed E-state index contributed by atoms with van der Waals surface area (Å²) >= 11 is 0. The number of hydrogen-bond donors (Lipinski definition) is 1. The van der Waals surface area contributed by atoms with Crippen LogP contribution >= 0.6 is 0 Å². The number of carbonyl (C=O) groups is 2. The van der Waals surface area contributed by atoms with E-state index in [0.29, 0.717) is 55.8 Å². The van der Waals surface area contributed by atoms with Crippen LogP contribution in [-0.4, -0.2) is 57.0 Å². The van der Waals surface area contributed by atoms with Crippen LogP contribution in [0, 0.1) is 0 Å². The van der Waals surface area contributed by atoms with Crippen LogP contribution in [0.1, 0.15) is 47.7 Å². The number of carbonyl (C=O) groups excluding carboxylic acids is 2. The minimum absolute atomic E-state index is 0.165. The summed E-state index contributed by atoms with van der Waals surface area (Å²) in [6.07, 6.45) is 3.18. The maximum Gasteiger partial charge on any atom is 0.337 e. The van der Waals surface area contributed by atoms with Gasteiger partial charge >= 0.3 is 5.97 Å². The first-order valence-corrected chi connectivity index (χ1v) is 14.4. The van der Waals surface area contributed by atoms with Crippen LogP contribution in [0.2, 0.25) is 0 Å². The fourth-order valence-electron chi connectivity index (χ4n) is 4.47. The van der Waals surface area contributed by atoms with E-state index in [0.717, 1.165) is 11.1 Å². The zero-order valence-corrected chi connectivity index (χ0v) is 22.4. The fraction of sp³-hybridized carbons (Fsp3) is 0.345. The Bertz CT molecular complexity index is 1430. The number of amides is 1. The zero-order valence-electron chi connectivity index (χ0n) is 21.5. The number of pyridine rings is 1. The Kier molecular flexibility index (Phi) is 8.06. The number of benzene rings is 2. The molecule has 2 heterocycles. The van der Waals surface area contributed by atoms with Gasteiger partial charge in [-0.2, -0.15) is 0 Å². The Morgan fingerprint density at radius 1 is 0.974 bits per heavy atom. The van der Waals surface area contributed by atoms with Crippen LogP contribution in [0.25, 0.3) is 11.1 Å². The number of anilines is 1. The van der Waals surface area contributed by atoms with Crippen molar-refractivity contribution in [3.8, 4) is 11.1 Å². The van der Waals surface area contributed by atoms with Crippen molar-refractivity contribution < 1.29 is 32.2 Å². The first-order valence-electron chi connectivity index (χ1n) is 12.9. The summed E-state index contributed by atoms with van der Waals surface area (Å²) in [7, 11) is -2.00. The third-order valence-electron chi connectivity index (χ3n) is 6.84. The van der Waals surface area contributed by atoms with Gasteiger partial charge in [-0.1, -0.05) is 24.3 Å². The summed E-state index contributed by atoms with van der Waals surface area (Å²) in [5, 5.41) is 2.51. The molecule has 0 spiro atoms. The van der Waals surface area contributed by atoms with Crippen LogP contribution < -0.4 is 5.32 Å². The predicted octanol–water partition coefficient (Wildman–Crippen LogP) is 4.35. The molecule has 0 radical (unpaired) electrons. The van der Waals surface area contributed by atoms with Crippen LogP contribution in [0.3, 0.4) is 0 Å². The number of sulfone groups is 1. The Labute approximate surface area is 227 Å². The monoisotopic (exact) mass is 550 g/mol. The average molecular weight is 551 g/mol. The van der Waals surface area contributed by atoms with Crippen molar-refractivity contribution in [1.82, 2.24) is 4.98 Å². The Morgan fingerprint density at radius 3 is 2.36 bits per heavy atom. The third-order valence-corrected chi connectivity index (χ3v) is 9.12. The highest BCUT2D eigenvalue weighted by molar-refractivity contribution is 7.92. The van der Waals surface area contributed by atoms with E-state index in [4.69, 9.17) is 14.2 Å². The molecule has 1 aromatic heterocycles. The van der Waals surface area contributed by atoms with Crippen LogP contribution in [-0.2, 0) is 28.8 Å². The molecular formula is C29H30N2O7S. The van der Waals surface area contributed by atoms with Crippen molar-refractivity contribution in [3.05, 3.63) is 78.0 Å². The summed E-state index contributed by atoms with van der Waals surface area (Å²) in [6.45, 7) is 1.11. The van der Waals surface area contributed by atoms with Crippen LogP contribution in [0.5, 0.6) is 0 Å². The molecule has 2 aliphatic rings. The lowest BCUT2D eigenvalue weighted by molar-refractivity contribution is -0.136. The third kappa shape index (κ3) is 6.35. The first kappa shape index (κ1) is 27.0. The van der Waals surface area contributed by atoms with Crippen molar-refractivity contribution in [2.24, 2.45) is 0 Å². The lowest BCUT2D eigenvalue weighted by atomic mass is 10.0. The standard InChI is InChI=1S/C29H30N2O7S/c1-36-29(33)21-4-2-3-20(17-21)22-7-12-26(30-18-22)31-28(32)27(38-23-13-15-37-16-14-23)19-5-8-24(9-6-19)39(34,35)25-10-11-25/h2-9,12,17-18,23,25,27H,10-11,13-16H2,1H3,(H,30,31,32). The molecule has 0 bridgehead atoms. The maximum atomic E-state index is 13.4. The van der Waals surface area contributed by atoms with E-state index in [1.54, 1.807) is 60.8 Å². The van der Waals surface area contributed by atoms with Gasteiger partial charge in [-0.15, -0.1) is 0 Å². The number of rotatable bonds is 9. The lowest BCUT2D eigenvalue weighted by Gasteiger charge is -2.27. The highest BCUT2D eigenvalue weighted by atomic mass is 32.2. The number of ether oxygens (including phenoxy) is 3. The van der Waals surface area contributed by atoms with Gasteiger partial charge in [0.2, 0.25) is 0 Å². The molecule has 204 valence electrons. The summed E-state index contributed by atoms with van der Waals surface area (Å²) in [4.78, 5) is 29.9. The van der Waals surface area contributed by atoms with E-state index in [2.05, 4.69) is 10.3 Å². The second-order valence-electron chi connectivity index (χ2n) is 9.64. The molecule has 9 nitrogen and oxygen atoms in total. The van der Waals surface area contributed by atoms with E-state index in [1.165, 1.54) is 7.11 Å². The predicted molar refractivity (Wildman–Crippen MR) is 144 cm³/mol. The number of hydrogen-bond acceptors (Lipinski definition) is 8. The van der Waals surface area contributed by atoms with Gasteiger partial charge in [-0.3, -0.25) is 4.79 Å². The topological polar surface area (TPSA) is 121 Å². The molecule has 1 N–H and O–H groups in total. The smallest absolute Gasteiger partial charge is 0.337 e. The minimum atomic E-state index is -3.33. The van der Waals surface area contributed by atoms with Crippen LogP contribution in [0.4, 0.5) is 5.82 Å². The average Bonchev–Trinajstić information content (AvgIpc) is 3.83. The first-order chi connectivity index (χ1) is 18.8. The van der Waals surface area contributed by atoms with Gasteiger partial charge in [-0.25, -0.2) is 18.2 Å². The lowest BCUT2D eigenvalue weighted by Crippen LogP contribution is -2.31. The molecule has 1 atom stereocenters. The Hall–Kier alpha value is -3.60. The Balaban J connectivity index is 1.33. The van der Waals surface area contributed by atoms with Crippen molar-refractivity contribution in [1.29, 1.82) is 0 Å². The molecule has 1 saturated heterocycles. The molecule has 1 aliphatic carbocycles. The molecule has 1 aliphatic heterocycles. The SMILES string of the molecule is COC(=O)c1cccc(-c2ccc(NC(=O)C(OC3CCOCC3)c3ccc(S(=O)(=O)C4CC4)cc3)nc2)c1. The quantitative estimate of drug-likeness (QED) is 0.391. The Morgan fingerprint density at radius 2 is 1.72 bits per heavy atom. The van der Waals surface area contributed by atoms with E-state index < -0.39 is 27.8 Å². The summed E-state index contributed by atoms with van der Waals surface area (Å²) in [5.41, 5.74) is 2.54. The largest absolute Gasteiger partial charge is 0.465 e. The summed E-state index contributed by atoms with van der Waals surface area (Å²) in [6, 6.07) is 16.9. The molecule has 2 fully saturated rings. The van der Waals surface area contributed by atoms with E-state index in [-0.39, 0.29) is 16.2 Å². The van der Waals surface area contributed by atoms with Gasteiger partial charge in [-0.05, 0) is 73.2 Å². The van der Waals surface area contributed by atoms with Gasteiger partial charge in [0.1, 0.15) is 5.82 Å². The van der Waals surface area contributed by atoms with Gasteiger partial charge < -0.3 is 19.5 Å². The van der Waals surface area contributed by atoms with Gasteiger partial charge in [0.05, 0.1) is 28.9 Å². The normalized spacial score (nSPS) is 16.8.